The Labute approximate surface area is 124 Å². The highest BCUT2D eigenvalue weighted by atomic mass is 16.5. The average Bonchev–Trinajstić information content (AvgIpc) is 2.50. The van der Waals surface area contributed by atoms with Crippen LogP contribution in [0.5, 0.6) is 11.5 Å². The molecule has 1 aromatic rings. The van der Waals surface area contributed by atoms with Gasteiger partial charge in [-0.05, 0) is 25.5 Å². The number of amides is 1. The molecular formula is C15H21NO5. The molecule has 0 spiro atoms. The van der Waals surface area contributed by atoms with Gasteiger partial charge >= 0.3 is 5.97 Å². The summed E-state index contributed by atoms with van der Waals surface area (Å²) in [5, 5.41) is 2.74. The number of esters is 1. The van der Waals surface area contributed by atoms with Crippen molar-refractivity contribution in [2.45, 2.75) is 19.8 Å². The lowest BCUT2D eigenvalue weighted by molar-refractivity contribution is -0.143. The molecule has 1 aromatic carbocycles. The first-order valence-corrected chi connectivity index (χ1v) is 6.78. The lowest BCUT2D eigenvalue weighted by Gasteiger charge is -2.12. The van der Waals surface area contributed by atoms with Crippen LogP contribution in [0.1, 0.15) is 30.1 Å². The Balaban J connectivity index is 2.54. The Hall–Kier alpha value is -2.24. The van der Waals surface area contributed by atoms with Gasteiger partial charge in [0.05, 0.1) is 26.4 Å². The van der Waals surface area contributed by atoms with Crippen LogP contribution >= 0.6 is 0 Å². The molecule has 6 heteroatoms. The van der Waals surface area contributed by atoms with Crippen LogP contribution in [-0.4, -0.2) is 39.2 Å². The Morgan fingerprint density at radius 3 is 2.57 bits per heavy atom. The molecule has 6 nitrogen and oxygen atoms in total. The van der Waals surface area contributed by atoms with E-state index < -0.39 is 0 Å². The molecule has 0 unspecified atom stereocenters. The number of para-hydroxylation sites is 1. The predicted molar refractivity (Wildman–Crippen MR) is 77.7 cm³/mol. The Kier molecular flexibility index (Phi) is 7.08. The number of hydrogen-bond donors (Lipinski definition) is 1. The van der Waals surface area contributed by atoms with Crippen molar-refractivity contribution in [2.75, 3.05) is 27.4 Å². The summed E-state index contributed by atoms with van der Waals surface area (Å²) >= 11 is 0. The van der Waals surface area contributed by atoms with E-state index >= 15 is 0 Å². The molecule has 0 aliphatic carbocycles. The van der Waals surface area contributed by atoms with E-state index in [2.05, 4.69) is 5.32 Å². The third-order valence-electron chi connectivity index (χ3n) is 2.80. The summed E-state index contributed by atoms with van der Waals surface area (Å²) in [6.07, 6.45) is 0.806. The topological polar surface area (TPSA) is 73.9 Å². The van der Waals surface area contributed by atoms with Crippen molar-refractivity contribution in [1.29, 1.82) is 0 Å². The Morgan fingerprint density at radius 1 is 1.19 bits per heavy atom. The van der Waals surface area contributed by atoms with Crippen LogP contribution in [0, 0.1) is 0 Å². The number of rotatable bonds is 8. The van der Waals surface area contributed by atoms with Crippen LogP contribution < -0.4 is 14.8 Å². The molecule has 0 saturated carbocycles. The molecular weight excluding hydrogens is 274 g/mol. The average molecular weight is 295 g/mol. The number of carbonyl (C=O) groups is 2. The SMILES string of the molecule is CCOC(=O)CCCNC(=O)c1cccc(OC)c1OC. The zero-order valence-corrected chi connectivity index (χ0v) is 12.6. The van der Waals surface area contributed by atoms with E-state index in [4.69, 9.17) is 14.2 Å². The molecule has 0 radical (unpaired) electrons. The van der Waals surface area contributed by atoms with Crippen molar-refractivity contribution in [3.05, 3.63) is 23.8 Å². The van der Waals surface area contributed by atoms with E-state index in [0.29, 0.717) is 36.6 Å². The first-order valence-electron chi connectivity index (χ1n) is 6.78. The standard InChI is InChI=1S/C15H21NO5/c1-4-21-13(17)9-6-10-16-15(18)11-7-5-8-12(19-2)14(11)20-3/h5,7-8H,4,6,9-10H2,1-3H3,(H,16,18). The summed E-state index contributed by atoms with van der Waals surface area (Å²) in [5.41, 5.74) is 0.396. The van der Waals surface area contributed by atoms with E-state index in [1.54, 1.807) is 25.1 Å². The van der Waals surface area contributed by atoms with Crippen LogP contribution in [0.4, 0.5) is 0 Å². The zero-order valence-electron chi connectivity index (χ0n) is 12.6. The molecule has 0 aliphatic heterocycles. The number of nitrogens with one attached hydrogen (secondary N) is 1. The number of methoxy groups -OCH3 is 2. The van der Waals surface area contributed by atoms with E-state index in [1.165, 1.54) is 14.2 Å². The van der Waals surface area contributed by atoms with Gasteiger partial charge in [-0.2, -0.15) is 0 Å². The highest BCUT2D eigenvalue weighted by Gasteiger charge is 2.15. The molecule has 0 aromatic heterocycles. The van der Waals surface area contributed by atoms with Gasteiger partial charge in [-0.25, -0.2) is 0 Å². The minimum atomic E-state index is -0.269. The number of hydrogen-bond acceptors (Lipinski definition) is 5. The van der Waals surface area contributed by atoms with Crippen LogP contribution in [0.15, 0.2) is 18.2 Å². The number of ether oxygens (including phenoxy) is 3. The van der Waals surface area contributed by atoms with Gasteiger partial charge in [0.2, 0.25) is 0 Å². The Morgan fingerprint density at radius 2 is 1.95 bits per heavy atom. The minimum Gasteiger partial charge on any atom is -0.493 e. The van der Waals surface area contributed by atoms with Gasteiger partial charge in [0.15, 0.2) is 11.5 Å². The van der Waals surface area contributed by atoms with Crippen LogP contribution in [0.3, 0.4) is 0 Å². The van der Waals surface area contributed by atoms with Crippen molar-refractivity contribution in [3.8, 4) is 11.5 Å². The molecule has 0 bridgehead atoms. The molecule has 0 aliphatic rings. The molecule has 1 N–H and O–H groups in total. The number of benzene rings is 1. The number of carbonyl (C=O) groups excluding carboxylic acids is 2. The maximum Gasteiger partial charge on any atom is 0.305 e. The van der Waals surface area contributed by atoms with Gasteiger partial charge in [0, 0.05) is 13.0 Å². The van der Waals surface area contributed by atoms with Crippen molar-refractivity contribution in [3.63, 3.8) is 0 Å². The normalized spacial score (nSPS) is 9.86. The molecule has 0 saturated heterocycles. The van der Waals surface area contributed by atoms with Gasteiger partial charge in [0.25, 0.3) is 5.91 Å². The van der Waals surface area contributed by atoms with E-state index in [0.717, 1.165) is 0 Å². The van der Waals surface area contributed by atoms with E-state index in [-0.39, 0.29) is 18.3 Å². The van der Waals surface area contributed by atoms with Gasteiger partial charge in [0.1, 0.15) is 0 Å². The van der Waals surface area contributed by atoms with Crippen molar-refractivity contribution >= 4 is 11.9 Å². The van der Waals surface area contributed by atoms with E-state index in [1.807, 2.05) is 0 Å². The predicted octanol–water partition coefficient (Wildman–Crippen LogP) is 1.78. The second-order valence-corrected chi connectivity index (χ2v) is 4.21. The summed E-state index contributed by atoms with van der Waals surface area (Å²) < 4.78 is 15.2. The first kappa shape index (κ1) is 16.8. The quantitative estimate of drug-likeness (QED) is 0.584. The van der Waals surface area contributed by atoms with Gasteiger partial charge in [-0.3, -0.25) is 9.59 Å². The Bertz CT molecular complexity index is 487. The highest BCUT2D eigenvalue weighted by Crippen LogP contribution is 2.30. The van der Waals surface area contributed by atoms with Crippen molar-refractivity contribution in [1.82, 2.24) is 5.32 Å². The maximum atomic E-state index is 12.1. The monoisotopic (exact) mass is 295 g/mol. The summed E-state index contributed by atoms with van der Waals surface area (Å²) in [6, 6.07) is 5.09. The summed E-state index contributed by atoms with van der Waals surface area (Å²) in [5.74, 6) is 0.361. The van der Waals surface area contributed by atoms with Crippen LogP contribution in [0.25, 0.3) is 0 Å². The van der Waals surface area contributed by atoms with Crippen molar-refractivity contribution < 1.29 is 23.8 Å². The highest BCUT2D eigenvalue weighted by molar-refractivity contribution is 5.97. The fraction of sp³-hybridized carbons (Fsp3) is 0.467. The molecule has 0 fully saturated rings. The van der Waals surface area contributed by atoms with Gasteiger partial charge < -0.3 is 19.5 Å². The third kappa shape index (κ3) is 4.98. The molecule has 1 amide bonds. The smallest absolute Gasteiger partial charge is 0.305 e. The molecule has 116 valence electrons. The van der Waals surface area contributed by atoms with Gasteiger partial charge in [-0.1, -0.05) is 6.07 Å². The largest absolute Gasteiger partial charge is 0.493 e. The molecule has 0 heterocycles. The summed E-state index contributed by atoms with van der Waals surface area (Å²) in [7, 11) is 2.99. The zero-order chi connectivity index (χ0) is 15.7. The molecule has 0 atom stereocenters. The maximum absolute atomic E-state index is 12.1. The van der Waals surface area contributed by atoms with Crippen molar-refractivity contribution in [2.24, 2.45) is 0 Å². The fourth-order valence-electron chi connectivity index (χ4n) is 1.83. The summed E-state index contributed by atoms with van der Waals surface area (Å²) in [6.45, 7) is 2.51. The lowest BCUT2D eigenvalue weighted by atomic mass is 10.1. The van der Waals surface area contributed by atoms with Crippen LogP contribution in [0.2, 0.25) is 0 Å². The summed E-state index contributed by atoms with van der Waals surface area (Å²) in [4.78, 5) is 23.3. The minimum absolute atomic E-state index is 0.259. The molecule has 21 heavy (non-hydrogen) atoms. The van der Waals surface area contributed by atoms with E-state index in [9.17, 15) is 9.59 Å². The molecule has 1 rings (SSSR count). The van der Waals surface area contributed by atoms with Crippen LogP contribution in [-0.2, 0) is 9.53 Å². The second-order valence-electron chi connectivity index (χ2n) is 4.21. The third-order valence-corrected chi connectivity index (χ3v) is 2.80. The lowest BCUT2D eigenvalue weighted by Crippen LogP contribution is -2.25. The van der Waals surface area contributed by atoms with Gasteiger partial charge in [-0.15, -0.1) is 0 Å². The first-order chi connectivity index (χ1) is 10.1. The fourth-order valence-corrected chi connectivity index (χ4v) is 1.83. The second kappa shape index (κ2) is 8.84.